The largest absolute Gasteiger partial charge is 0.306 e. The Kier molecular flexibility index (Phi) is 3.19. The highest BCUT2D eigenvalue weighted by atomic mass is 14.9. The zero-order valence-corrected chi connectivity index (χ0v) is 10.8. The van der Waals surface area contributed by atoms with Gasteiger partial charge in [0, 0.05) is 12.6 Å². The summed E-state index contributed by atoms with van der Waals surface area (Å²) >= 11 is 0. The Labute approximate surface area is 105 Å². The van der Waals surface area contributed by atoms with E-state index in [0.29, 0.717) is 6.04 Å². The molecule has 2 aliphatic rings. The number of benzene rings is 1. The molecule has 1 aliphatic heterocycles. The van der Waals surface area contributed by atoms with Crippen molar-refractivity contribution in [3.8, 4) is 0 Å². The number of hydrogen-bond donors (Lipinski definition) is 1. The molecule has 1 unspecified atom stereocenters. The summed E-state index contributed by atoms with van der Waals surface area (Å²) in [5.74, 6) is 0.875. The smallest absolute Gasteiger partial charge is 0.0357 e. The molecule has 1 atom stereocenters. The maximum absolute atomic E-state index is 3.76. The predicted molar refractivity (Wildman–Crippen MR) is 72.0 cm³/mol. The minimum absolute atomic E-state index is 0.643. The van der Waals surface area contributed by atoms with Crippen LogP contribution in [0.2, 0.25) is 0 Å². The van der Waals surface area contributed by atoms with Gasteiger partial charge in [0.1, 0.15) is 0 Å². The van der Waals surface area contributed by atoms with Gasteiger partial charge in [0.2, 0.25) is 0 Å². The van der Waals surface area contributed by atoms with Crippen LogP contribution in [0.1, 0.15) is 61.3 Å². The molecule has 1 aliphatic carbocycles. The molecule has 1 heteroatoms. The highest BCUT2D eigenvalue weighted by Gasteiger charge is 2.30. The van der Waals surface area contributed by atoms with Gasteiger partial charge in [-0.25, -0.2) is 0 Å². The van der Waals surface area contributed by atoms with Crippen molar-refractivity contribution in [1.82, 2.24) is 5.32 Å². The van der Waals surface area contributed by atoms with E-state index in [1.807, 2.05) is 0 Å². The van der Waals surface area contributed by atoms with Crippen molar-refractivity contribution in [2.45, 2.75) is 58.0 Å². The monoisotopic (exact) mass is 229 g/mol. The van der Waals surface area contributed by atoms with Crippen LogP contribution in [0, 0.1) is 12.8 Å². The quantitative estimate of drug-likeness (QED) is 0.715. The average Bonchev–Trinajstić information content (AvgIpc) is 2.59. The van der Waals surface area contributed by atoms with Gasteiger partial charge in [0.25, 0.3) is 0 Å². The third kappa shape index (κ3) is 2.13. The van der Waals surface area contributed by atoms with Gasteiger partial charge in [-0.3, -0.25) is 0 Å². The van der Waals surface area contributed by atoms with E-state index in [2.05, 4.69) is 30.4 Å². The zero-order valence-electron chi connectivity index (χ0n) is 10.8. The van der Waals surface area contributed by atoms with E-state index in [9.17, 15) is 0 Å². The Morgan fingerprint density at radius 1 is 1.06 bits per heavy atom. The summed E-state index contributed by atoms with van der Waals surface area (Å²) in [4.78, 5) is 0. The highest BCUT2D eigenvalue weighted by molar-refractivity contribution is 5.40. The lowest BCUT2D eigenvalue weighted by molar-refractivity contribution is 0.341. The fourth-order valence-electron chi connectivity index (χ4n) is 3.71. The Hall–Kier alpha value is -0.820. The highest BCUT2D eigenvalue weighted by Crippen LogP contribution is 2.39. The Morgan fingerprint density at radius 2 is 1.82 bits per heavy atom. The van der Waals surface area contributed by atoms with E-state index in [-0.39, 0.29) is 0 Å². The van der Waals surface area contributed by atoms with Gasteiger partial charge in [-0.15, -0.1) is 0 Å². The first-order valence-corrected chi connectivity index (χ1v) is 7.18. The number of aryl methyl sites for hydroxylation is 1. The normalized spacial score (nSPS) is 25.6. The molecule has 92 valence electrons. The molecule has 0 aromatic heterocycles. The molecule has 0 spiro atoms. The molecule has 1 saturated carbocycles. The van der Waals surface area contributed by atoms with Gasteiger partial charge in [-0.1, -0.05) is 43.9 Å². The molecule has 0 bridgehead atoms. The van der Waals surface area contributed by atoms with E-state index in [0.717, 1.165) is 12.5 Å². The number of nitrogens with one attached hydrogen (secondary N) is 1. The maximum Gasteiger partial charge on any atom is 0.0357 e. The SMILES string of the molecule is Cc1cccc2c1C(C1CCCCCC1)NC2. The van der Waals surface area contributed by atoms with Crippen molar-refractivity contribution < 1.29 is 0 Å². The van der Waals surface area contributed by atoms with Crippen molar-refractivity contribution in [1.29, 1.82) is 0 Å². The Bertz CT molecular complexity index is 389. The van der Waals surface area contributed by atoms with Crippen LogP contribution in [-0.4, -0.2) is 0 Å². The summed E-state index contributed by atoms with van der Waals surface area (Å²) in [6.45, 7) is 3.35. The van der Waals surface area contributed by atoms with Crippen LogP contribution in [0.3, 0.4) is 0 Å². The van der Waals surface area contributed by atoms with E-state index >= 15 is 0 Å². The molecule has 1 aromatic rings. The molecular formula is C16H23N. The van der Waals surface area contributed by atoms with Gasteiger partial charge in [0.15, 0.2) is 0 Å². The second-order valence-electron chi connectivity index (χ2n) is 5.76. The Morgan fingerprint density at radius 3 is 2.59 bits per heavy atom. The average molecular weight is 229 g/mol. The van der Waals surface area contributed by atoms with Gasteiger partial charge < -0.3 is 5.32 Å². The first-order valence-electron chi connectivity index (χ1n) is 7.18. The topological polar surface area (TPSA) is 12.0 Å². The fourth-order valence-corrected chi connectivity index (χ4v) is 3.71. The molecule has 0 radical (unpaired) electrons. The van der Waals surface area contributed by atoms with Crippen molar-refractivity contribution in [3.05, 3.63) is 34.9 Å². The Balaban J connectivity index is 1.86. The van der Waals surface area contributed by atoms with Crippen molar-refractivity contribution in [3.63, 3.8) is 0 Å². The van der Waals surface area contributed by atoms with Crippen LogP contribution in [0.4, 0.5) is 0 Å². The number of fused-ring (bicyclic) bond motifs is 1. The minimum atomic E-state index is 0.643. The van der Waals surface area contributed by atoms with E-state index in [1.54, 1.807) is 11.1 Å². The van der Waals surface area contributed by atoms with Gasteiger partial charge in [-0.2, -0.15) is 0 Å². The van der Waals surface area contributed by atoms with Crippen LogP contribution in [0.5, 0.6) is 0 Å². The minimum Gasteiger partial charge on any atom is -0.306 e. The molecular weight excluding hydrogens is 206 g/mol. The standard InChI is InChI=1S/C16H23N/c1-12-7-6-10-14-11-17-16(15(12)14)13-8-4-2-3-5-9-13/h6-7,10,13,16-17H,2-5,8-9,11H2,1H3. The molecule has 3 rings (SSSR count). The van der Waals surface area contributed by atoms with E-state index in [1.165, 1.54) is 44.1 Å². The lowest BCUT2D eigenvalue weighted by Crippen LogP contribution is -2.22. The van der Waals surface area contributed by atoms with Gasteiger partial charge >= 0.3 is 0 Å². The van der Waals surface area contributed by atoms with Gasteiger partial charge in [0.05, 0.1) is 0 Å². The molecule has 1 nitrogen and oxygen atoms in total. The number of rotatable bonds is 1. The molecule has 1 aromatic carbocycles. The van der Waals surface area contributed by atoms with Crippen LogP contribution in [-0.2, 0) is 6.54 Å². The van der Waals surface area contributed by atoms with E-state index < -0.39 is 0 Å². The van der Waals surface area contributed by atoms with Crippen LogP contribution in [0.15, 0.2) is 18.2 Å². The lowest BCUT2D eigenvalue weighted by Gasteiger charge is -2.24. The molecule has 0 saturated heterocycles. The third-order valence-electron chi connectivity index (χ3n) is 4.61. The van der Waals surface area contributed by atoms with Crippen LogP contribution in [0.25, 0.3) is 0 Å². The van der Waals surface area contributed by atoms with Gasteiger partial charge in [-0.05, 0) is 42.4 Å². The molecule has 0 amide bonds. The van der Waals surface area contributed by atoms with Crippen molar-refractivity contribution >= 4 is 0 Å². The summed E-state index contributed by atoms with van der Waals surface area (Å²) in [6.07, 6.45) is 8.61. The summed E-state index contributed by atoms with van der Waals surface area (Å²) in [6, 6.07) is 7.41. The lowest BCUT2D eigenvalue weighted by atomic mass is 9.86. The van der Waals surface area contributed by atoms with Crippen LogP contribution < -0.4 is 5.32 Å². The van der Waals surface area contributed by atoms with Crippen LogP contribution >= 0.6 is 0 Å². The summed E-state index contributed by atoms with van der Waals surface area (Å²) in [5.41, 5.74) is 4.65. The zero-order chi connectivity index (χ0) is 11.7. The molecule has 1 heterocycles. The first-order chi connectivity index (χ1) is 8.36. The maximum atomic E-state index is 3.76. The second-order valence-corrected chi connectivity index (χ2v) is 5.76. The number of hydrogen-bond acceptors (Lipinski definition) is 1. The molecule has 17 heavy (non-hydrogen) atoms. The van der Waals surface area contributed by atoms with Crippen molar-refractivity contribution in [2.24, 2.45) is 5.92 Å². The third-order valence-corrected chi connectivity index (χ3v) is 4.61. The summed E-state index contributed by atoms with van der Waals surface area (Å²) < 4.78 is 0. The summed E-state index contributed by atoms with van der Waals surface area (Å²) in [5, 5.41) is 3.76. The predicted octanol–water partition coefficient (Wildman–Crippen LogP) is 4.11. The fraction of sp³-hybridized carbons (Fsp3) is 0.625. The second kappa shape index (κ2) is 4.81. The molecule has 1 N–H and O–H groups in total. The summed E-state index contributed by atoms with van der Waals surface area (Å²) in [7, 11) is 0. The first kappa shape index (κ1) is 11.3. The van der Waals surface area contributed by atoms with E-state index in [4.69, 9.17) is 0 Å². The van der Waals surface area contributed by atoms with Crippen molar-refractivity contribution in [2.75, 3.05) is 0 Å². The molecule has 1 fully saturated rings.